The summed E-state index contributed by atoms with van der Waals surface area (Å²) in [7, 11) is -4.17. The van der Waals surface area contributed by atoms with Gasteiger partial charge in [-0.2, -0.15) is 5.26 Å². The molecule has 0 radical (unpaired) electrons. The minimum atomic E-state index is -4.17. The largest absolute Gasteiger partial charge is 0.472 e. The third-order valence-electron chi connectivity index (χ3n) is 6.87. The monoisotopic (exact) mass is 607 g/mol. The van der Waals surface area contributed by atoms with Crippen molar-refractivity contribution in [3.63, 3.8) is 0 Å². The van der Waals surface area contributed by atoms with E-state index in [-0.39, 0.29) is 51.8 Å². The minimum absolute atomic E-state index is 0.0153. The summed E-state index contributed by atoms with van der Waals surface area (Å²) in [6.07, 6.45) is 5.32. The fourth-order valence-electron chi connectivity index (χ4n) is 4.64. The quantitative estimate of drug-likeness (QED) is 0.0974. The molecule has 1 aliphatic heterocycles. The normalized spacial score (nSPS) is 15.2. The highest BCUT2D eigenvalue weighted by molar-refractivity contribution is 7.47. The van der Waals surface area contributed by atoms with Crippen LogP contribution in [0.25, 0.3) is 16.8 Å². The number of phosphoric acid groups is 1. The summed E-state index contributed by atoms with van der Waals surface area (Å²) >= 11 is 0. The van der Waals surface area contributed by atoms with Crippen molar-refractivity contribution < 1.29 is 32.8 Å². The molecule has 1 aliphatic rings. The van der Waals surface area contributed by atoms with Gasteiger partial charge in [-0.3, -0.25) is 13.8 Å². The Labute approximate surface area is 252 Å². The van der Waals surface area contributed by atoms with Gasteiger partial charge in [0.15, 0.2) is 0 Å². The van der Waals surface area contributed by atoms with Gasteiger partial charge in [0.1, 0.15) is 11.6 Å². The molecule has 10 nitrogen and oxygen atoms in total. The van der Waals surface area contributed by atoms with E-state index in [2.05, 4.69) is 28.4 Å². The van der Waals surface area contributed by atoms with Crippen LogP contribution in [0.2, 0.25) is 0 Å². The number of rotatable bonds is 16. The minimum Gasteiger partial charge on any atom is -0.377 e. The van der Waals surface area contributed by atoms with Gasteiger partial charge in [-0.15, -0.1) is 0 Å². The van der Waals surface area contributed by atoms with Crippen LogP contribution >= 0.6 is 7.82 Å². The zero-order valence-corrected chi connectivity index (χ0v) is 25.0. The second-order valence-corrected chi connectivity index (χ2v) is 11.5. The number of hydrogen-bond acceptors (Lipinski definition) is 8. The Kier molecular flexibility index (Phi) is 12.7. The number of ether oxygens (including phenoxy) is 2. The lowest BCUT2D eigenvalue weighted by Gasteiger charge is -2.29. The lowest BCUT2D eigenvalue weighted by Crippen LogP contribution is -2.29. The first-order chi connectivity index (χ1) is 20.9. The van der Waals surface area contributed by atoms with Crippen molar-refractivity contribution in [3.05, 3.63) is 83.4 Å². The van der Waals surface area contributed by atoms with E-state index >= 15 is 0 Å². The number of carbonyl (C=O) groups is 1. The van der Waals surface area contributed by atoms with Gasteiger partial charge < -0.3 is 24.6 Å². The third kappa shape index (κ3) is 10.9. The van der Waals surface area contributed by atoms with Crippen LogP contribution in [-0.4, -0.2) is 63.5 Å². The Balaban J connectivity index is 1.10. The van der Waals surface area contributed by atoms with E-state index in [1.165, 1.54) is 24.9 Å². The van der Waals surface area contributed by atoms with Crippen molar-refractivity contribution >= 4 is 36.3 Å². The number of phosphoric ester groups is 1. The highest BCUT2D eigenvalue weighted by Crippen LogP contribution is 2.43. The van der Waals surface area contributed by atoms with Gasteiger partial charge in [0.05, 0.1) is 39.6 Å². The van der Waals surface area contributed by atoms with E-state index in [1.807, 2.05) is 42.5 Å². The van der Waals surface area contributed by atoms with E-state index in [4.69, 9.17) is 18.5 Å². The van der Waals surface area contributed by atoms with E-state index < -0.39 is 13.7 Å². The van der Waals surface area contributed by atoms with Crippen LogP contribution in [0.3, 0.4) is 0 Å². The molecule has 3 aromatic rings. The molecule has 2 N–H and O–H groups in total. The molecule has 1 unspecified atom stereocenters. The second kappa shape index (κ2) is 16.9. The Morgan fingerprint density at radius 2 is 1.60 bits per heavy atom. The summed E-state index contributed by atoms with van der Waals surface area (Å²) in [5, 5.41) is 14.4. The summed E-state index contributed by atoms with van der Waals surface area (Å²) in [5.41, 5.74) is 2.79. The van der Waals surface area contributed by atoms with Gasteiger partial charge in [0, 0.05) is 25.3 Å². The maximum atomic E-state index is 12.5. The predicted molar refractivity (Wildman–Crippen MR) is 165 cm³/mol. The van der Waals surface area contributed by atoms with Crippen molar-refractivity contribution in [2.75, 3.05) is 57.6 Å². The summed E-state index contributed by atoms with van der Waals surface area (Å²) in [4.78, 5) is 24.7. The summed E-state index contributed by atoms with van der Waals surface area (Å²) in [5.74, 6) is -0.469. The van der Waals surface area contributed by atoms with Gasteiger partial charge in [-0.05, 0) is 65.4 Å². The average Bonchev–Trinajstić information content (AvgIpc) is 3.04. The number of nitrogens with zero attached hydrogens (tertiary/aromatic N) is 2. The number of hydrogen-bond donors (Lipinski definition) is 2. The van der Waals surface area contributed by atoms with E-state index in [0.717, 1.165) is 35.0 Å². The van der Waals surface area contributed by atoms with Gasteiger partial charge in [0.25, 0.3) is 5.91 Å². The van der Waals surface area contributed by atoms with Crippen LogP contribution < -0.4 is 10.2 Å². The molecule has 0 aromatic heterocycles. The van der Waals surface area contributed by atoms with E-state index in [1.54, 1.807) is 18.2 Å². The number of piperidine rings is 1. The first kappa shape index (κ1) is 32.4. The molecule has 1 fully saturated rings. The molecule has 0 saturated carbocycles. The molecule has 11 heteroatoms. The summed E-state index contributed by atoms with van der Waals surface area (Å²) in [6.45, 7) is 3.08. The Bertz CT molecular complexity index is 1450. The van der Waals surface area contributed by atoms with Crippen LogP contribution in [-0.2, 0) is 34.5 Å². The lowest BCUT2D eigenvalue weighted by atomic mass is 10.0. The predicted octanol–water partition coefficient (Wildman–Crippen LogP) is 5.22. The zero-order valence-electron chi connectivity index (χ0n) is 24.2. The number of benzene rings is 3. The molecule has 43 heavy (non-hydrogen) atoms. The number of nitriles is 1. The van der Waals surface area contributed by atoms with Crippen LogP contribution in [0.15, 0.2) is 72.3 Å². The maximum Gasteiger partial charge on any atom is 0.472 e. The SMILES string of the molecule is N#C/C(=C\c1ccc2cc(N3CCCCC3)ccc2c1)C(=O)NCCOCCOCCOP(=O)(O)OCc1ccccc1. The number of carbonyl (C=O) groups excluding carboxylic acids is 1. The molecular weight excluding hydrogens is 569 g/mol. The van der Waals surface area contributed by atoms with Crippen LogP contribution in [0.5, 0.6) is 0 Å². The molecule has 1 saturated heterocycles. The van der Waals surface area contributed by atoms with Gasteiger partial charge in [-0.1, -0.05) is 48.5 Å². The van der Waals surface area contributed by atoms with Gasteiger partial charge in [0.2, 0.25) is 0 Å². The number of nitrogens with one attached hydrogen (secondary N) is 1. The zero-order chi connectivity index (χ0) is 30.3. The molecule has 1 amide bonds. The standard InChI is InChI=1S/C32H38N3O7P/c33-24-30(22-27-9-10-29-23-31(12-11-28(29)21-27)35-14-5-2-6-15-35)32(36)34-13-16-39-17-18-40-19-20-41-43(37,38)42-25-26-7-3-1-4-8-26/h1,3-4,7-12,21-23H,2,5-6,13-20,25H2,(H,34,36)(H,37,38)/b30-22+. The fraction of sp³-hybridized carbons (Fsp3) is 0.375. The number of fused-ring (bicyclic) bond motifs is 1. The van der Waals surface area contributed by atoms with Crippen LogP contribution in [0.1, 0.15) is 30.4 Å². The van der Waals surface area contributed by atoms with E-state index in [0.29, 0.717) is 0 Å². The second-order valence-electron chi connectivity index (χ2n) is 10.0. The first-order valence-corrected chi connectivity index (χ1v) is 15.9. The van der Waals surface area contributed by atoms with E-state index in [9.17, 15) is 19.5 Å². The number of anilines is 1. The van der Waals surface area contributed by atoms with Gasteiger partial charge in [-0.25, -0.2) is 4.57 Å². The lowest BCUT2D eigenvalue weighted by molar-refractivity contribution is -0.117. The average molecular weight is 608 g/mol. The Morgan fingerprint density at radius 1 is 0.907 bits per heavy atom. The molecule has 4 rings (SSSR count). The summed E-state index contributed by atoms with van der Waals surface area (Å²) in [6, 6.07) is 23.3. The molecule has 0 bridgehead atoms. The Morgan fingerprint density at radius 3 is 2.37 bits per heavy atom. The van der Waals surface area contributed by atoms with Crippen molar-refractivity contribution in [3.8, 4) is 6.07 Å². The van der Waals surface area contributed by atoms with Gasteiger partial charge >= 0.3 is 7.82 Å². The smallest absolute Gasteiger partial charge is 0.377 e. The first-order valence-electron chi connectivity index (χ1n) is 14.4. The maximum absolute atomic E-state index is 12.5. The van der Waals surface area contributed by atoms with Crippen molar-refractivity contribution in [1.29, 1.82) is 5.26 Å². The number of amides is 1. The molecule has 3 aromatic carbocycles. The molecule has 1 atom stereocenters. The van der Waals surface area contributed by atoms with Crippen molar-refractivity contribution in [1.82, 2.24) is 5.32 Å². The van der Waals surface area contributed by atoms with Crippen LogP contribution in [0.4, 0.5) is 5.69 Å². The molecule has 228 valence electrons. The topological polar surface area (TPSA) is 130 Å². The van der Waals surface area contributed by atoms with Crippen molar-refractivity contribution in [2.45, 2.75) is 25.9 Å². The van der Waals surface area contributed by atoms with Crippen LogP contribution in [0, 0.1) is 11.3 Å². The molecule has 0 aliphatic carbocycles. The Hall–Kier alpha value is -3.55. The summed E-state index contributed by atoms with van der Waals surface area (Å²) < 4.78 is 32.5. The fourth-order valence-corrected chi connectivity index (χ4v) is 5.33. The van der Waals surface area contributed by atoms with Crippen molar-refractivity contribution in [2.24, 2.45) is 0 Å². The molecular formula is C32H38N3O7P. The highest BCUT2D eigenvalue weighted by atomic mass is 31.2. The third-order valence-corrected chi connectivity index (χ3v) is 7.83. The molecule has 0 spiro atoms. The highest BCUT2D eigenvalue weighted by Gasteiger charge is 2.20. The molecule has 1 heterocycles.